The first kappa shape index (κ1) is 13.2. The van der Waals surface area contributed by atoms with Crippen LogP contribution < -0.4 is 0 Å². The van der Waals surface area contributed by atoms with E-state index in [1.807, 2.05) is 6.92 Å². The topological polar surface area (TPSA) is 56.5 Å². The van der Waals surface area contributed by atoms with E-state index in [4.69, 9.17) is 4.74 Å². The summed E-state index contributed by atoms with van der Waals surface area (Å²) in [4.78, 5) is 16.4. The van der Waals surface area contributed by atoms with E-state index in [2.05, 4.69) is 10.1 Å². The molecule has 0 saturated carbocycles. The van der Waals surface area contributed by atoms with Crippen LogP contribution in [-0.2, 0) is 4.74 Å². The van der Waals surface area contributed by atoms with Gasteiger partial charge in [0.2, 0.25) is 0 Å². The Kier molecular flexibility index (Phi) is 3.13. The normalized spacial score (nSPS) is 10.8. The third kappa shape index (κ3) is 2.24. The highest BCUT2D eigenvalue weighted by atomic mass is 19.1. The highest BCUT2D eigenvalue weighted by Crippen LogP contribution is 2.21. The van der Waals surface area contributed by atoms with E-state index < -0.39 is 5.97 Å². The van der Waals surface area contributed by atoms with Crippen molar-refractivity contribution in [2.75, 3.05) is 7.11 Å². The lowest BCUT2D eigenvalue weighted by atomic mass is 10.1. The van der Waals surface area contributed by atoms with Crippen molar-refractivity contribution in [1.29, 1.82) is 0 Å². The Hall–Kier alpha value is -2.76. The van der Waals surface area contributed by atoms with Gasteiger partial charge >= 0.3 is 5.97 Å². The summed E-state index contributed by atoms with van der Waals surface area (Å²) in [7, 11) is 1.31. The molecule has 106 valence electrons. The fourth-order valence-corrected chi connectivity index (χ4v) is 2.09. The van der Waals surface area contributed by atoms with Crippen LogP contribution >= 0.6 is 0 Å². The summed E-state index contributed by atoms with van der Waals surface area (Å²) in [5.74, 6) is -0.831. The van der Waals surface area contributed by atoms with Gasteiger partial charge in [-0.3, -0.25) is 0 Å². The number of aryl methyl sites for hydroxylation is 1. The highest BCUT2D eigenvalue weighted by molar-refractivity contribution is 5.89. The number of methoxy groups -OCH3 is 1. The number of esters is 1. The molecule has 0 atom stereocenters. The first-order valence-electron chi connectivity index (χ1n) is 6.30. The largest absolute Gasteiger partial charge is 0.464 e. The van der Waals surface area contributed by atoms with Crippen LogP contribution in [0, 0.1) is 12.7 Å². The van der Waals surface area contributed by atoms with E-state index >= 15 is 0 Å². The molecule has 0 aliphatic carbocycles. The summed E-state index contributed by atoms with van der Waals surface area (Å²) in [6.07, 6.45) is 1.63. The Morgan fingerprint density at radius 1 is 1.29 bits per heavy atom. The maximum absolute atomic E-state index is 13.0. The van der Waals surface area contributed by atoms with Crippen LogP contribution in [0.25, 0.3) is 16.9 Å². The zero-order chi connectivity index (χ0) is 15.0. The van der Waals surface area contributed by atoms with Gasteiger partial charge in [0.05, 0.1) is 19.0 Å². The molecule has 0 spiro atoms. The highest BCUT2D eigenvalue weighted by Gasteiger charge is 2.16. The van der Waals surface area contributed by atoms with Crippen LogP contribution in [0.15, 0.2) is 36.5 Å². The van der Waals surface area contributed by atoms with Gasteiger partial charge in [0, 0.05) is 11.1 Å². The second kappa shape index (κ2) is 4.97. The minimum absolute atomic E-state index is 0.273. The van der Waals surface area contributed by atoms with Crippen molar-refractivity contribution in [3.63, 3.8) is 0 Å². The molecule has 3 aromatic rings. The Balaban J connectivity index is 2.26. The van der Waals surface area contributed by atoms with Gasteiger partial charge in [-0.05, 0) is 37.3 Å². The van der Waals surface area contributed by atoms with Gasteiger partial charge in [-0.1, -0.05) is 0 Å². The minimum atomic E-state index is -0.506. The zero-order valence-electron chi connectivity index (χ0n) is 11.5. The van der Waals surface area contributed by atoms with Gasteiger partial charge in [-0.25, -0.2) is 18.7 Å². The zero-order valence-corrected chi connectivity index (χ0v) is 11.5. The predicted molar refractivity (Wildman–Crippen MR) is 74.5 cm³/mol. The molecule has 2 aromatic heterocycles. The first-order valence-corrected chi connectivity index (χ1v) is 6.30. The van der Waals surface area contributed by atoms with Crippen LogP contribution in [-0.4, -0.2) is 27.7 Å². The number of benzene rings is 1. The number of rotatable bonds is 2. The van der Waals surface area contributed by atoms with E-state index in [0.29, 0.717) is 16.9 Å². The second-order valence-corrected chi connectivity index (χ2v) is 4.59. The molecule has 0 amide bonds. The molecular formula is C15H12FN3O2. The molecule has 1 aromatic carbocycles. The molecule has 0 unspecified atom stereocenters. The summed E-state index contributed by atoms with van der Waals surface area (Å²) in [6.45, 7) is 1.85. The summed E-state index contributed by atoms with van der Waals surface area (Å²) in [6, 6.07) is 7.50. The summed E-state index contributed by atoms with van der Waals surface area (Å²) < 4.78 is 19.2. The van der Waals surface area contributed by atoms with E-state index in [9.17, 15) is 9.18 Å². The number of hydrogen-bond acceptors (Lipinski definition) is 4. The fraction of sp³-hybridized carbons (Fsp3) is 0.133. The molecule has 0 N–H and O–H groups in total. The SMILES string of the molecule is COC(=O)c1cc(-c2ccc(F)cc2)nc2c(C)cnn12. The Bertz CT molecular complexity index is 825. The maximum Gasteiger partial charge on any atom is 0.356 e. The number of nitrogens with zero attached hydrogens (tertiary/aromatic N) is 3. The number of aromatic nitrogens is 3. The van der Waals surface area contributed by atoms with Crippen molar-refractivity contribution < 1.29 is 13.9 Å². The number of carbonyl (C=O) groups excluding carboxylic acids is 1. The van der Waals surface area contributed by atoms with Crippen LogP contribution in [0.5, 0.6) is 0 Å². The van der Waals surface area contributed by atoms with E-state index in [1.165, 1.54) is 23.8 Å². The first-order chi connectivity index (χ1) is 10.1. The van der Waals surface area contributed by atoms with Gasteiger partial charge in [-0.2, -0.15) is 5.10 Å². The second-order valence-electron chi connectivity index (χ2n) is 4.59. The van der Waals surface area contributed by atoms with Crippen LogP contribution in [0.3, 0.4) is 0 Å². The maximum atomic E-state index is 13.0. The quantitative estimate of drug-likeness (QED) is 0.679. The summed E-state index contributed by atoms with van der Waals surface area (Å²) in [5.41, 5.74) is 2.95. The van der Waals surface area contributed by atoms with Crippen molar-refractivity contribution in [3.05, 3.63) is 53.6 Å². The molecule has 0 radical (unpaired) electrons. The molecule has 0 fully saturated rings. The van der Waals surface area contributed by atoms with Crippen LogP contribution in [0.4, 0.5) is 4.39 Å². The van der Waals surface area contributed by atoms with Crippen molar-refractivity contribution in [1.82, 2.24) is 14.6 Å². The predicted octanol–water partition coefficient (Wildman–Crippen LogP) is 2.63. The molecule has 0 bridgehead atoms. The molecule has 3 rings (SSSR count). The van der Waals surface area contributed by atoms with Gasteiger partial charge in [0.25, 0.3) is 0 Å². The standard InChI is InChI=1S/C15H12FN3O2/c1-9-8-17-19-13(15(20)21-2)7-12(18-14(9)19)10-3-5-11(16)6-4-10/h3-8H,1-2H3. The van der Waals surface area contributed by atoms with Crippen molar-refractivity contribution in [2.45, 2.75) is 6.92 Å². The third-order valence-corrected chi connectivity index (χ3v) is 3.18. The monoisotopic (exact) mass is 285 g/mol. The third-order valence-electron chi connectivity index (χ3n) is 3.18. The van der Waals surface area contributed by atoms with Gasteiger partial charge in [-0.15, -0.1) is 0 Å². The van der Waals surface area contributed by atoms with Crippen molar-refractivity contribution in [2.24, 2.45) is 0 Å². The molecular weight excluding hydrogens is 273 g/mol. The van der Waals surface area contributed by atoms with Crippen molar-refractivity contribution in [3.8, 4) is 11.3 Å². The Labute approximate surface area is 120 Å². The summed E-state index contributed by atoms with van der Waals surface area (Å²) in [5, 5.41) is 4.13. The van der Waals surface area contributed by atoms with Gasteiger partial charge in [0.15, 0.2) is 11.3 Å². The minimum Gasteiger partial charge on any atom is -0.464 e. The molecule has 0 saturated heterocycles. The number of halogens is 1. The molecule has 5 nitrogen and oxygen atoms in total. The molecule has 0 aliphatic rings. The number of ether oxygens (including phenoxy) is 1. The van der Waals surface area contributed by atoms with E-state index in [0.717, 1.165) is 5.56 Å². The number of carbonyl (C=O) groups is 1. The molecule has 6 heteroatoms. The Morgan fingerprint density at radius 2 is 2.00 bits per heavy atom. The van der Waals surface area contributed by atoms with E-state index in [-0.39, 0.29) is 11.5 Å². The lowest BCUT2D eigenvalue weighted by Crippen LogP contribution is -2.10. The Morgan fingerprint density at radius 3 is 2.67 bits per heavy atom. The lowest BCUT2D eigenvalue weighted by molar-refractivity contribution is 0.0590. The summed E-state index contributed by atoms with van der Waals surface area (Å²) >= 11 is 0. The molecule has 2 heterocycles. The number of fused-ring (bicyclic) bond motifs is 1. The number of hydrogen-bond donors (Lipinski definition) is 0. The van der Waals surface area contributed by atoms with Crippen LogP contribution in [0.1, 0.15) is 16.1 Å². The van der Waals surface area contributed by atoms with E-state index in [1.54, 1.807) is 24.4 Å². The average molecular weight is 285 g/mol. The fourth-order valence-electron chi connectivity index (χ4n) is 2.09. The average Bonchev–Trinajstić information content (AvgIpc) is 2.88. The van der Waals surface area contributed by atoms with Crippen molar-refractivity contribution >= 4 is 11.6 Å². The van der Waals surface area contributed by atoms with Gasteiger partial charge < -0.3 is 4.74 Å². The van der Waals surface area contributed by atoms with Crippen LogP contribution in [0.2, 0.25) is 0 Å². The lowest BCUT2D eigenvalue weighted by Gasteiger charge is -2.07. The molecule has 0 aliphatic heterocycles. The smallest absolute Gasteiger partial charge is 0.356 e. The molecule has 21 heavy (non-hydrogen) atoms. The van der Waals surface area contributed by atoms with Gasteiger partial charge in [0.1, 0.15) is 5.82 Å².